The van der Waals surface area contributed by atoms with E-state index in [9.17, 15) is 8.42 Å². The molecule has 0 spiro atoms. The van der Waals surface area contributed by atoms with Crippen molar-refractivity contribution in [2.45, 2.75) is 6.92 Å². The Balaban J connectivity index is 2.51. The Morgan fingerprint density at radius 2 is 1.79 bits per heavy atom. The number of aromatic nitrogens is 2. The molecule has 0 atom stereocenters. The number of nitrogen functional groups attached to an aromatic ring is 1. The molecule has 0 bridgehead atoms. The second kappa shape index (κ2) is 4.67. The van der Waals surface area contributed by atoms with Gasteiger partial charge in [0.1, 0.15) is 5.69 Å². The molecule has 0 unspecified atom stereocenters. The summed E-state index contributed by atoms with van der Waals surface area (Å²) in [6.45, 7) is 1.97. The van der Waals surface area contributed by atoms with E-state index in [0.717, 1.165) is 19.5 Å². The van der Waals surface area contributed by atoms with Crippen molar-refractivity contribution in [1.29, 1.82) is 0 Å². The highest BCUT2D eigenvalue weighted by molar-refractivity contribution is 7.87. The molecule has 0 saturated carbocycles. The Labute approximate surface area is 112 Å². The first-order valence-corrected chi connectivity index (χ1v) is 7.07. The van der Waals surface area contributed by atoms with Crippen LogP contribution in [0.2, 0.25) is 0 Å². The number of hydrogen-bond acceptors (Lipinski definition) is 4. The van der Waals surface area contributed by atoms with Gasteiger partial charge in [0.25, 0.3) is 0 Å². The van der Waals surface area contributed by atoms with Crippen molar-refractivity contribution in [3.63, 3.8) is 0 Å². The Kier molecular flexibility index (Phi) is 3.34. The zero-order chi connectivity index (χ0) is 14.2. The van der Waals surface area contributed by atoms with Gasteiger partial charge in [-0.05, 0) is 6.92 Å². The molecule has 7 heteroatoms. The molecule has 19 heavy (non-hydrogen) atoms. The lowest BCUT2D eigenvalue weighted by molar-refractivity contribution is 0.504. The maximum atomic E-state index is 12.0. The zero-order valence-corrected chi connectivity index (χ0v) is 11.8. The Bertz CT molecular complexity index is 687. The van der Waals surface area contributed by atoms with Crippen molar-refractivity contribution in [2.75, 3.05) is 19.8 Å². The van der Waals surface area contributed by atoms with Crippen LogP contribution in [0.5, 0.6) is 0 Å². The summed E-state index contributed by atoms with van der Waals surface area (Å²) >= 11 is 0. The maximum Gasteiger partial charge on any atom is 0.322 e. The summed E-state index contributed by atoms with van der Waals surface area (Å²) in [5.41, 5.74) is 8.53. The average Bonchev–Trinajstić information content (AvgIpc) is 2.73. The Morgan fingerprint density at radius 1 is 1.21 bits per heavy atom. The van der Waals surface area contributed by atoms with Crippen LogP contribution in [-0.4, -0.2) is 36.0 Å². The molecule has 2 rings (SSSR count). The lowest BCUT2D eigenvalue weighted by Crippen LogP contribution is -2.29. The molecule has 0 amide bonds. The molecule has 0 aliphatic heterocycles. The highest BCUT2D eigenvalue weighted by atomic mass is 32.2. The van der Waals surface area contributed by atoms with Gasteiger partial charge in [0.2, 0.25) is 0 Å². The van der Waals surface area contributed by atoms with Crippen LogP contribution < -0.4 is 5.73 Å². The van der Waals surface area contributed by atoms with Crippen LogP contribution in [0.3, 0.4) is 0 Å². The second-order valence-electron chi connectivity index (χ2n) is 4.46. The topological polar surface area (TPSA) is 81.2 Å². The summed E-state index contributed by atoms with van der Waals surface area (Å²) in [5, 5.41) is 4.06. The van der Waals surface area contributed by atoms with Gasteiger partial charge >= 0.3 is 10.2 Å². The first kappa shape index (κ1) is 13.6. The molecular formula is C12H16N4O2S. The van der Waals surface area contributed by atoms with Crippen LogP contribution >= 0.6 is 0 Å². The van der Waals surface area contributed by atoms with Crippen molar-refractivity contribution >= 4 is 15.9 Å². The molecule has 102 valence electrons. The summed E-state index contributed by atoms with van der Waals surface area (Å²) in [6, 6.07) is 7.57. The van der Waals surface area contributed by atoms with Crippen LogP contribution in [-0.2, 0) is 10.2 Å². The molecule has 0 fully saturated rings. The van der Waals surface area contributed by atoms with E-state index in [1.54, 1.807) is 0 Å². The van der Waals surface area contributed by atoms with Crippen LogP contribution in [0.15, 0.2) is 30.5 Å². The quantitative estimate of drug-likeness (QED) is 0.912. The van der Waals surface area contributed by atoms with E-state index in [4.69, 9.17) is 5.73 Å². The average molecular weight is 280 g/mol. The number of hydrogen-bond donors (Lipinski definition) is 1. The molecule has 6 nitrogen and oxygen atoms in total. The largest absolute Gasteiger partial charge is 0.396 e. The van der Waals surface area contributed by atoms with Crippen molar-refractivity contribution in [1.82, 2.24) is 13.5 Å². The fourth-order valence-corrected chi connectivity index (χ4v) is 2.35. The van der Waals surface area contributed by atoms with Gasteiger partial charge in [-0.1, -0.05) is 29.8 Å². The van der Waals surface area contributed by atoms with Gasteiger partial charge in [-0.2, -0.15) is 17.8 Å². The first-order valence-electron chi connectivity index (χ1n) is 5.67. The summed E-state index contributed by atoms with van der Waals surface area (Å²) in [6.07, 6.45) is 1.31. The summed E-state index contributed by atoms with van der Waals surface area (Å²) in [4.78, 5) is 0. The second-order valence-corrected chi connectivity index (χ2v) is 6.46. The Morgan fingerprint density at radius 3 is 2.32 bits per heavy atom. The van der Waals surface area contributed by atoms with Crippen molar-refractivity contribution < 1.29 is 8.42 Å². The van der Waals surface area contributed by atoms with Crippen molar-refractivity contribution in [3.8, 4) is 11.3 Å². The van der Waals surface area contributed by atoms with Crippen molar-refractivity contribution in [2.24, 2.45) is 0 Å². The fourth-order valence-electron chi connectivity index (χ4n) is 1.59. The smallest absolute Gasteiger partial charge is 0.322 e. The number of nitrogens with two attached hydrogens (primary N) is 1. The number of anilines is 1. The highest BCUT2D eigenvalue weighted by Crippen LogP contribution is 2.25. The molecule has 0 aliphatic rings. The zero-order valence-electron chi connectivity index (χ0n) is 11.0. The summed E-state index contributed by atoms with van der Waals surface area (Å²) < 4.78 is 25.9. The van der Waals surface area contributed by atoms with E-state index in [-0.39, 0.29) is 0 Å². The predicted molar refractivity (Wildman–Crippen MR) is 74.8 cm³/mol. The fraction of sp³-hybridized carbons (Fsp3) is 0.250. The van der Waals surface area contributed by atoms with Gasteiger partial charge < -0.3 is 5.73 Å². The van der Waals surface area contributed by atoms with E-state index < -0.39 is 10.2 Å². The molecule has 2 N–H and O–H groups in total. The van der Waals surface area contributed by atoms with Crippen LogP contribution in [0, 0.1) is 6.92 Å². The normalized spacial score (nSPS) is 12.0. The molecule has 0 aliphatic carbocycles. The molecule has 1 aromatic carbocycles. The number of nitrogens with zero attached hydrogens (tertiary/aromatic N) is 3. The lowest BCUT2D eigenvalue weighted by Gasteiger charge is -2.10. The number of aryl methyl sites for hydroxylation is 1. The van der Waals surface area contributed by atoms with Crippen LogP contribution in [0.25, 0.3) is 11.3 Å². The van der Waals surface area contributed by atoms with Gasteiger partial charge in [0.05, 0.1) is 11.9 Å². The van der Waals surface area contributed by atoms with Crippen LogP contribution in [0.1, 0.15) is 5.56 Å². The van der Waals surface area contributed by atoms with E-state index in [1.165, 1.54) is 20.3 Å². The van der Waals surface area contributed by atoms with Crippen LogP contribution in [0.4, 0.5) is 5.69 Å². The van der Waals surface area contributed by atoms with Gasteiger partial charge in [0, 0.05) is 19.7 Å². The van der Waals surface area contributed by atoms with Gasteiger partial charge in [0.15, 0.2) is 0 Å². The third-order valence-electron chi connectivity index (χ3n) is 2.74. The molecule has 1 heterocycles. The minimum atomic E-state index is -3.64. The SMILES string of the molecule is Cc1ccc(-c2nn(S(=O)(=O)N(C)C)cc2N)cc1. The summed E-state index contributed by atoms with van der Waals surface area (Å²) in [5.74, 6) is 0. The minimum absolute atomic E-state index is 0.328. The van der Waals surface area contributed by atoms with Gasteiger partial charge in [-0.3, -0.25) is 0 Å². The van der Waals surface area contributed by atoms with Gasteiger partial charge in [-0.15, -0.1) is 4.09 Å². The Hall–Kier alpha value is -1.86. The third kappa shape index (κ3) is 2.47. The van der Waals surface area contributed by atoms with E-state index in [2.05, 4.69) is 5.10 Å². The van der Waals surface area contributed by atoms with E-state index >= 15 is 0 Å². The predicted octanol–water partition coefficient (Wildman–Crippen LogP) is 1.10. The van der Waals surface area contributed by atoms with Crippen molar-refractivity contribution in [3.05, 3.63) is 36.0 Å². The molecule has 0 radical (unpaired) electrons. The van der Waals surface area contributed by atoms with E-state index in [1.807, 2.05) is 31.2 Å². The lowest BCUT2D eigenvalue weighted by atomic mass is 10.1. The number of benzene rings is 1. The summed E-state index contributed by atoms with van der Waals surface area (Å²) in [7, 11) is -0.749. The number of rotatable bonds is 3. The van der Waals surface area contributed by atoms with Gasteiger partial charge in [-0.25, -0.2) is 0 Å². The molecule has 1 aromatic heterocycles. The monoisotopic (exact) mass is 280 g/mol. The molecular weight excluding hydrogens is 264 g/mol. The molecule has 2 aromatic rings. The maximum absolute atomic E-state index is 12.0. The standard InChI is InChI=1S/C12H16N4O2S/c1-9-4-6-10(7-5-9)12-11(13)8-16(14-12)19(17,18)15(2)3/h4-8H,13H2,1-3H3. The van der Waals surface area contributed by atoms with E-state index in [0.29, 0.717) is 11.4 Å². The highest BCUT2D eigenvalue weighted by Gasteiger charge is 2.20. The first-order chi connectivity index (χ1) is 8.82. The molecule has 0 saturated heterocycles. The third-order valence-corrected chi connectivity index (χ3v) is 4.33. The minimum Gasteiger partial charge on any atom is -0.396 e.